The molecule has 0 heterocycles. The molecule has 0 bridgehead atoms. The maximum atomic E-state index is 11.7. The Morgan fingerprint density at radius 1 is 1.11 bits per heavy atom. The van der Waals surface area contributed by atoms with Crippen LogP contribution in [0.5, 0.6) is 0 Å². The highest BCUT2D eigenvalue weighted by atomic mass is 16.2. The first kappa shape index (κ1) is 15.0. The van der Waals surface area contributed by atoms with Crippen LogP contribution in [-0.2, 0) is 9.59 Å². The molecule has 0 unspecified atom stereocenters. The molecule has 18 heavy (non-hydrogen) atoms. The highest BCUT2D eigenvalue weighted by Gasteiger charge is 2.20. The van der Waals surface area contributed by atoms with Crippen molar-refractivity contribution in [1.29, 1.82) is 0 Å². The molecule has 104 valence electrons. The normalized spacial score (nSPS) is 23.4. The minimum atomic E-state index is -0.0126. The maximum Gasteiger partial charge on any atom is 0.221 e. The summed E-state index contributed by atoms with van der Waals surface area (Å²) in [6.07, 6.45) is 5.07. The minimum Gasteiger partial charge on any atom is -0.356 e. The summed E-state index contributed by atoms with van der Waals surface area (Å²) < 4.78 is 0. The molecule has 0 aromatic heterocycles. The average molecular weight is 255 g/mol. The summed E-state index contributed by atoms with van der Waals surface area (Å²) >= 11 is 0. The second-order valence-electron chi connectivity index (χ2n) is 5.04. The van der Waals surface area contributed by atoms with Crippen LogP contribution in [0.4, 0.5) is 0 Å². The fraction of sp³-hybridized carbons (Fsp3) is 0.846. The van der Waals surface area contributed by atoms with Crippen LogP contribution in [0.15, 0.2) is 0 Å². The molecule has 5 heteroatoms. The Kier molecular flexibility index (Phi) is 6.72. The zero-order valence-corrected chi connectivity index (χ0v) is 11.2. The van der Waals surface area contributed by atoms with Crippen LogP contribution < -0.4 is 16.4 Å². The van der Waals surface area contributed by atoms with Gasteiger partial charge in [0.15, 0.2) is 0 Å². The van der Waals surface area contributed by atoms with Crippen molar-refractivity contribution in [2.24, 2.45) is 11.7 Å². The second-order valence-corrected chi connectivity index (χ2v) is 5.04. The molecule has 1 rings (SSSR count). The number of hydrogen-bond donors (Lipinski definition) is 3. The van der Waals surface area contributed by atoms with E-state index in [1.165, 1.54) is 0 Å². The van der Waals surface area contributed by atoms with Crippen LogP contribution in [0.25, 0.3) is 0 Å². The van der Waals surface area contributed by atoms with Gasteiger partial charge in [-0.15, -0.1) is 0 Å². The van der Waals surface area contributed by atoms with E-state index in [1.807, 2.05) is 6.92 Å². The third-order valence-corrected chi connectivity index (χ3v) is 3.41. The minimum absolute atomic E-state index is 0.0126. The van der Waals surface area contributed by atoms with E-state index in [2.05, 4.69) is 10.6 Å². The van der Waals surface area contributed by atoms with Gasteiger partial charge in [0.1, 0.15) is 0 Å². The fourth-order valence-corrected chi connectivity index (χ4v) is 2.33. The van der Waals surface area contributed by atoms with Gasteiger partial charge in [0.25, 0.3) is 0 Å². The van der Waals surface area contributed by atoms with Crippen molar-refractivity contribution < 1.29 is 9.59 Å². The summed E-state index contributed by atoms with van der Waals surface area (Å²) in [6.45, 7) is 2.94. The summed E-state index contributed by atoms with van der Waals surface area (Å²) in [5.74, 6) is 0.510. The molecule has 0 spiro atoms. The summed E-state index contributed by atoms with van der Waals surface area (Å²) in [5, 5.41) is 5.50. The standard InChI is InChI=1S/C13H25N3O2/c1-2-15-12(17)7-8-16-13(18)9-10-3-5-11(14)6-4-10/h10-11H,2-9,14H2,1H3,(H,15,17)(H,16,18). The molecule has 1 saturated carbocycles. The molecule has 0 radical (unpaired) electrons. The highest BCUT2D eigenvalue weighted by molar-refractivity contribution is 5.79. The molecule has 0 atom stereocenters. The van der Waals surface area contributed by atoms with E-state index in [0.29, 0.717) is 37.9 Å². The third kappa shape index (κ3) is 6.00. The second kappa shape index (κ2) is 8.08. The molecule has 4 N–H and O–H groups in total. The number of amides is 2. The zero-order chi connectivity index (χ0) is 13.4. The average Bonchev–Trinajstić information content (AvgIpc) is 2.32. The fourth-order valence-electron chi connectivity index (χ4n) is 2.33. The summed E-state index contributed by atoms with van der Waals surface area (Å²) in [4.78, 5) is 22.8. The van der Waals surface area contributed by atoms with Gasteiger partial charge >= 0.3 is 0 Å². The molecule has 1 aliphatic carbocycles. The van der Waals surface area contributed by atoms with Gasteiger partial charge in [0.05, 0.1) is 0 Å². The number of nitrogens with two attached hydrogens (primary N) is 1. The van der Waals surface area contributed by atoms with Crippen molar-refractivity contribution in [3.05, 3.63) is 0 Å². The molecule has 0 aromatic carbocycles. The van der Waals surface area contributed by atoms with Crippen LogP contribution in [0.2, 0.25) is 0 Å². The van der Waals surface area contributed by atoms with Crippen molar-refractivity contribution in [2.75, 3.05) is 13.1 Å². The van der Waals surface area contributed by atoms with Crippen molar-refractivity contribution in [3.63, 3.8) is 0 Å². The number of rotatable bonds is 6. The Morgan fingerprint density at radius 2 is 1.78 bits per heavy atom. The molecule has 1 fully saturated rings. The van der Waals surface area contributed by atoms with E-state index in [0.717, 1.165) is 25.7 Å². The van der Waals surface area contributed by atoms with Gasteiger partial charge in [0, 0.05) is 32.0 Å². The molecule has 2 amide bonds. The van der Waals surface area contributed by atoms with Crippen LogP contribution in [0, 0.1) is 5.92 Å². The summed E-state index contributed by atoms with van der Waals surface area (Å²) in [6, 6.07) is 0.321. The molecular formula is C13H25N3O2. The Morgan fingerprint density at radius 3 is 2.39 bits per heavy atom. The van der Waals surface area contributed by atoms with E-state index >= 15 is 0 Å². The van der Waals surface area contributed by atoms with Gasteiger partial charge in [0.2, 0.25) is 11.8 Å². The summed E-state index contributed by atoms with van der Waals surface area (Å²) in [7, 11) is 0. The van der Waals surface area contributed by atoms with Gasteiger partial charge < -0.3 is 16.4 Å². The Bertz CT molecular complexity index is 273. The predicted octanol–water partition coefficient (Wildman–Crippen LogP) is 0.536. The number of carbonyl (C=O) groups excluding carboxylic acids is 2. The van der Waals surface area contributed by atoms with Gasteiger partial charge in [-0.2, -0.15) is 0 Å². The van der Waals surface area contributed by atoms with Gasteiger partial charge in [-0.1, -0.05) is 0 Å². The van der Waals surface area contributed by atoms with E-state index in [4.69, 9.17) is 5.73 Å². The lowest BCUT2D eigenvalue weighted by Crippen LogP contribution is -2.33. The maximum absolute atomic E-state index is 11.7. The van der Waals surface area contributed by atoms with Gasteiger partial charge in [-0.05, 0) is 38.5 Å². The monoisotopic (exact) mass is 255 g/mol. The van der Waals surface area contributed by atoms with Crippen LogP contribution in [0.3, 0.4) is 0 Å². The lowest BCUT2D eigenvalue weighted by atomic mass is 9.84. The molecule has 0 aromatic rings. The Labute approximate surface area is 109 Å². The topological polar surface area (TPSA) is 84.2 Å². The zero-order valence-electron chi connectivity index (χ0n) is 11.2. The Hall–Kier alpha value is -1.10. The molecule has 5 nitrogen and oxygen atoms in total. The SMILES string of the molecule is CCNC(=O)CCNC(=O)CC1CCC(N)CC1. The van der Waals surface area contributed by atoms with Crippen LogP contribution >= 0.6 is 0 Å². The van der Waals surface area contributed by atoms with Crippen molar-refractivity contribution in [3.8, 4) is 0 Å². The molecule has 1 aliphatic rings. The van der Waals surface area contributed by atoms with E-state index in [9.17, 15) is 9.59 Å². The lowest BCUT2D eigenvalue weighted by Gasteiger charge is -2.25. The Balaban J connectivity index is 2.08. The van der Waals surface area contributed by atoms with Gasteiger partial charge in [-0.3, -0.25) is 9.59 Å². The van der Waals surface area contributed by atoms with Crippen LogP contribution in [0.1, 0.15) is 45.4 Å². The van der Waals surface area contributed by atoms with Crippen molar-refractivity contribution >= 4 is 11.8 Å². The quantitative estimate of drug-likeness (QED) is 0.647. The first-order chi connectivity index (χ1) is 8.61. The third-order valence-electron chi connectivity index (χ3n) is 3.41. The molecular weight excluding hydrogens is 230 g/mol. The number of hydrogen-bond acceptors (Lipinski definition) is 3. The number of carbonyl (C=O) groups is 2. The number of nitrogens with one attached hydrogen (secondary N) is 2. The predicted molar refractivity (Wildman–Crippen MR) is 70.9 cm³/mol. The van der Waals surface area contributed by atoms with E-state index in [-0.39, 0.29) is 11.8 Å². The van der Waals surface area contributed by atoms with Gasteiger partial charge in [-0.25, -0.2) is 0 Å². The first-order valence-electron chi connectivity index (χ1n) is 6.90. The largest absolute Gasteiger partial charge is 0.356 e. The van der Waals surface area contributed by atoms with Crippen molar-refractivity contribution in [2.45, 2.75) is 51.5 Å². The molecule has 0 aliphatic heterocycles. The first-order valence-corrected chi connectivity index (χ1v) is 6.90. The lowest BCUT2D eigenvalue weighted by molar-refractivity contribution is -0.123. The van der Waals surface area contributed by atoms with Crippen LogP contribution in [-0.4, -0.2) is 30.9 Å². The van der Waals surface area contributed by atoms with E-state index in [1.54, 1.807) is 0 Å². The van der Waals surface area contributed by atoms with Crippen molar-refractivity contribution in [1.82, 2.24) is 10.6 Å². The highest BCUT2D eigenvalue weighted by Crippen LogP contribution is 2.25. The summed E-state index contributed by atoms with van der Waals surface area (Å²) in [5.41, 5.74) is 5.82. The van der Waals surface area contributed by atoms with E-state index < -0.39 is 0 Å². The molecule has 0 saturated heterocycles. The smallest absolute Gasteiger partial charge is 0.221 e.